The molecular weight excluding hydrogens is 469 g/mol. The second-order valence-corrected chi connectivity index (χ2v) is 10.9. The molecular formula is C26H28INO. The van der Waals surface area contributed by atoms with Crippen LogP contribution in [0.4, 0.5) is 5.69 Å². The lowest BCUT2D eigenvalue weighted by Gasteiger charge is -2.19. The van der Waals surface area contributed by atoms with Gasteiger partial charge in [-0.1, -0.05) is 31.2 Å². The number of nitrogens with one attached hydrogen (secondary N) is 1. The van der Waals surface area contributed by atoms with Crippen molar-refractivity contribution in [1.29, 1.82) is 0 Å². The molecule has 0 saturated carbocycles. The lowest BCUT2D eigenvalue weighted by atomic mass is 9.90. The van der Waals surface area contributed by atoms with Gasteiger partial charge in [-0.3, -0.25) is 0 Å². The van der Waals surface area contributed by atoms with E-state index in [-0.39, 0.29) is 20.7 Å². The quantitative estimate of drug-likeness (QED) is 0.175. The predicted octanol–water partition coefficient (Wildman–Crippen LogP) is 8.08. The highest BCUT2D eigenvalue weighted by Gasteiger charge is 2.19. The van der Waals surface area contributed by atoms with Crippen molar-refractivity contribution in [3.63, 3.8) is 0 Å². The molecule has 2 nitrogen and oxygen atoms in total. The van der Waals surface area contributed by atoms with Gasteiger partial charge in [0.25, 0.3) is 0 Å². The molecule has 0 unspecified atom stereocenters. The SMILES string of the molecule is CCNc1cc2oc3cc(=ICC)c(C)cc-3c(-c3ccccc3C)c2cc1C. The smallest absolute Gasteiger partial charge is 0.137 e. The topological polar surface area (TPSA) is 25.2 Å². The summed E-state index contributed by atoms with van der Waals surface area (Å²) in [5, 5.41) is 4.66. The number of rotatable bonds is 4. The van der Waals surface area contributed by atoms with Crippen molar-refractivity contribution < 1.29 is 4.42 Å². The van der Waals surface area contributed by atoms with E-state index in [1.165, 1.54) is 46.3 Å². The van der Waals surface area contributed by atoms with E-state index in [0.717, 1.165) is 23.6 Å². The van der Waals surface area contributed by atoms with E-state index in [9.17, 15) is 0 Å². The van der Waals surface area contributed by atoms with Gasteiger partial charge in [-0.2, -0.15) is 0 Å². The number of fused-ring (bicyclic) bond motifs is 2. The molecule has 0 fully saturated rings. The van der Waals surface area contributed by atoms with Crippen LogP contribution in [0.2, 0.25) is 0 Å². The molecule has 0 atom stereocenters. The van der Waals surface area contributed by atoms with E-state index >= 15 is 0 Å². The van der Waals surface area contributed by atoms with E-state index in [2.05, 4.69) is 88.5 Å². The summed E-state index contributed by atoms with van der Waals surface area (Å²) in [6, 6.07) is 17.8. The molecule has 0 amide bonds. The molecule has 0 aromatic heterocycles. The van der Waals surface area contributed by atoms with Crippen molar-refractivity contribution in [3.8, 4) is 22.5 Å². The van der Waals surface area contributed by atoms with E-state index < -0.39 is 0 Å². The van der Waals surface area contributed by atoms with Gasteiger partial charge in [-0.15, -0.1) is 20.7 Å². The van der Waals surface area contributed by atoms with Crippen molar-refractivity contribution in [3.05, 3.63) is 68.4 Å². The number of aryl methyl sites for hydroxylation is 3. The van der Waals surface area contributed by atoms with Crippen molar-refractivity contribution in [2.24, 2.45) is 0 Å². The molecule has 3 heteroatoms. The Labute approximate surface area is 183 Å². The first kappa shape index (κ1) is 20.1. The van der Waals surface area contributed by atoms with Crippen LogP contribution in [0, 0.1) is 23.9 Å². The number of hydrogen-bond acceptors (Lipinski definition) is 2. The fraction of sp³-hybridized carbons (Fsp3) is 0.269. The van der Waals surface area contributed by atoms with Crippen molar-refractivity contribution in [2.45, 2.75) is 34.6 Å². The molecule has 1 heterocycles. The van der Waals surface area contributed by atoms with Gasteiger partial charge in [0.05, 0.1) is 0 Å². The van der Waals surface area contributed by atoms with E-state index in [1.807, 2.05) is 0 Å². The first-order valence-corrected chi connectivity index (χ1v) is 12.9. The second kappa shape index (κ2) is 8.31. The molecule has 1 N–H and O–H groups in total. The highest BCUT2D eigenvalue weighted by atomic mass is 127. The summed E-state index contributed by atoms with van der Waals surface area (Å²) < 4.78 is 9.24. The van der Waals surface area contributed by atoms with Crippen LogP contribution < -0.4 is 5.32 Å². The Hall–Kier alpha value is -2.14. The third kappa shape index (κ3) is 3.73. The average molecular weight is 497 g/mol. The minimum atomic E-state index is 0.0277. The average Bonchev–Trinajstić information content (AvgIpc) is 2.69. The van der Waals surface area contributed by atoms with Crippen LogP contribution in [0.1, 0.15) is 30.5 Å². The summed E-state index contributed by atoms with van der Waals surface area (Å²) in [5.41, 5.74) is 9.79. The maximum absolute atomic E-state index is 6.51. The Balaban J connectivity index is 2.18. The maximum Gasteiger partial charge on any atom is 0.137 e. The molecule has 2 aromatic carbocycles. The van der Waals surface area contributed by atoms with Crippen LogP contribution in [0.25, 0.3) is 33.4 Å². The lowest BCUT2D eigenvalue weighted by molar-refractivity contribution is 0.619. The van der Waals surface area contributed by atoms with Crippen molar-refractivity contribution in [1.82, 2.24) is 0 Å². The Bertz CT molecular complexity index is 1240. The van der Waals surface area contributed by atoms with E-state index in [1.54, 1.807) is 0 Å². The predicted molar refractivity (Wildman–Crippen MR) is 134 cm³/mol. The van der Waals surface area contributed by atoms with Gasteiger partial charge < -0.3 is 9.73 Å². The largest absolute Gasteiger partial charge is 0.456 e. The van der Waals surface area contributed by atoms with Crippen LogP contribution in [0.15, 0.2) is 52.9 Å². The van der Waals surface area contributed by atoms with Crippen LogP contribution >= 0.6 is 20.7 Å². The third-order valence-electron chi connectivity index (χ3n) is 5.41. The minimum Gasteiger partial charge on any atom is -0.456 e. The number of anilines is 1. The Morgan fingerprint density at radius 3 is 2.38 bits per heavy atom. The summed E-state index contributed by atoms with van der Waals surface area (Å²) in [7, 11) is 0. The summed E-state index contributed by atoms with van der Waals surface area (Å²) in [6.07, 6.45) is 0. The number of hydrogen-bond donors (Lipinski definition) is 1. The molecule has 0 spiro atoms. The van der Waals surface area contributed by atoms with Gasteiger partial charge in [0.2, 0.25) is 0 Å². The summed E-state index contributed by atoms with van der Waals surface area (Å²) >= 11 is 0.0277. The number of benzene rings is 3. The Kier molecular flexibility index (Phi) is 5.77. The first-order chi connectivity index (χ1) is 14.0. The fourth-order valence-electron chi connectivity index (χ4n) is 3.99. The molecule has 1 aliphatic carbocycles. The summed E-state index contributed by atoms with van der Waals surface area (Å²) in [4.78, 5) is 0. The summed E-state index contributed by atoms with van der Waals surface area (Å²) in [5.74, 6) is 0.996. The maximum atomic E-state index is 6.51. The molecule has 0 bridgehead atoms. The highest BCUT2D eigenvalue weighted by Crippen LogP contribution is 2.43. The first-order valence-electron chi connectivity index (χ1n) is 10.3. The summed E-state index contributed by atoms with van der Waals surface area (Å²) in [6.45, 7) is 11.9. The van der Waals surface area contributed by atoms with Crippen molar-refractivity contribution >= 4 is 37.4 Å². The zero-order valence-corrected chi connectivity index (χ0v) is 20.0. The molecule has 1 aliphatic heterocycles. The van der Waals surface area contributed by atoms with Gasteiger partial charge in [-0.05, 0) is 72.6 Å². The molecule has 2 aromatic rings. The van der Waals surface area contributed by atoms with E-state index in [0.29, 0.717) is 0 Å². The molecule has 0 saturated heterocycles. The molecule has 29 heavy (non-hydrogen) atoms. The fourth-order valence-corrected chi connectivity index (χ4v) is 6.07. The van der Waals surface area contributed by atoms with Gasteiger partial charge in [0.1, 0.15) is 11.3 Å². The Morgan fingerprint density at radius 2 is 1.66 bits per heavy atom. The minimum absolute atomic E-state index is 0.0277. The highest BCUT2D eigenvalue weighted by molar-refractivity contribution is 14.2. The van der Waals surface area contributed by atoms with Crippen LogP contribution in [-0.2, 0) is 0 Å². The normalized spacial score (nSPS) is 12.4. The standard InChI is InChI=1S/C26H28INO/c1-6-27-22-14-24-20(12-17(22)4)26(19-11-9-8-10-16(19)3)21-13-18(5)23(28-7-2)15-25(21)29-24/h8-15,28H,6-7H2,1-5H3. The van der Waals surface area contributed by atoms with Crippen LogP contribution in [0.5, 0.6) is 0 Å². The monoisotopic (exact) mass is 497 g/mol. The zero-order valence-electron chi connectivity index (χ0n) is 17.8. The van der Waals surface area contributed by atoms with Crippen LogP contribution in [-0.4, -0.2) is 11.0 Å². The molecule has 150 valence electrons. The number of alkyl halides is 1. The second-order valence-electron chi connectivity index (χ2n) is 7.48. The van der Waals surface area contributed by atoms with Gasteiger partial charge in [-0.25, -0.2) is 0 Å². The zero-order chi connectivity index (χ0) is 20.5. The molecule has 2 aliphatic rings. The van der Waals surface area contributed by atoms with Crippen LogP contribution in [0.3, 0.4) is 0 Å². The van der Waals surface area contributed by atoms with E-state index in [4.69, 9.17) is 4.42 Å². The van der Waals surface area contributed by atoms with Gasteiger partial charge >= 0.3 is 0 Å². The molecule has 4 rings (SSSR count). The number of halogens is 1. The Morgan fingerprint density at radius 1 is 0.862 bits per heavy atom. The van der Waals surface area contributed by atoms with Gasteiger partial charge in [0, 0.05) is 38.0 Å². The van der Waals surface area contributed by atoms with Crippen molar-refractivity contribution in [2.75, 3.05) is 16.3 Å². The molecule has 0 radical (unpaired) electrons. The lowest BCUT2D eigenvalue weighted by Crippen LogP contribution is -2.00. The third-order valence-corrected chi connectivity index (χ3v) is 8.15. The van der Waals surface area contributed by atoms with Gasteiger partial charge in [0.15, 0.2) is 0 Å².